The number of nitrogens with zero attached hydrogens (tertiary/aromatic N) is 4. The summed E-state index contributed by atoms with van der Waals surface area (Å²) in [5, 5.41) is -0.0696. The molecule has 32 heavy (non-hydrogen) atoms. The number of likely N-dealkylation sites (tertiary alicyclic amines) is 1. The van der Waals surface area contributed by atoms with Crippen molar-refractivity contribution < 1.29 is 27.5 Å². The Morgan fingerprint density at radius 1 is 1.09 bits per heavy atom. The minimum Gasteiger partial charge on any atom is -0.444 e. The number of alkyl halides is 3. The molecule has 2 amide bonds. The summed E-state index contributed by atoms with van der Waals surface area (Å²) in [6, 6.07) is 0.870. The molecule has 2 fully saturated rings. The first kappa shape index (κ1) is 24.4. The molecule has 2 aliphatic heterocycles. The maximum Gasteiger partial charge on any atom is 0.417 e. The molecule has 1 aromatic heterocycles. The minimum absolute atomic E-state index is 0.0237. The number of aromatic nitrogens is 1. The van der Waals surface area contributed by atoms with Gasteiger partial charge < -0.3 is 19.4 Å². The zero-order valence-electron chi connectivity index (χ0n) is 18.4. The topological polar surface area (TPSA) is 66.0 Å². The number of ether oxygens (including phenoxy) is 1. The minimum atomic E-state index is -4.51. The lowest BCUT2D eigenvalue weighted by Crippen LogP contribution is -2.53. The number of carbonyl (C=O) groups is 2. The third kappa shape index (κ3) is 5.96. The predicted octanol–water partition coefficient (Wildman–Crippen LogP) is 4.05. The molecule has 0 aromatic carbocycles. The molecule has 2 saturated heterocycles. The molecule has 178 valence electrons. The highest BCUT2D eigenvalue weighted by molar-refractivity contribution is 6.33. The van der Waals surface area contributed by atoms with Gasteiger partial charge in [0.2, 0.25) is 5.91 Å². The van der Waals surface area contributed by atoms with E-state index < -0.39 is 23.4 Å². The summed E-state index contributed by atoms with van der Waals surface area (Å²) >= 11 is 6.05. The van der Waals surface area contributed by atoms with Crippen LogP contribution >= 0.6 is 11.6 Å². The van der Waals surface area contributed by atoms with E-state index in [4.69, 9.17) is 16.3 Å². The van der Waals surface area contributed by atoms with Crippen molar-refractivity contribution in [2.45, 2.75) is 45.4 Å². The fraction of sp³-hybridized carbons (Fsp3) is 0.667. The number of anilines is 1. The van der Waals surface area contributed by atoms with E-state index in [-0.39, 0.29) is 22.7 Å². The third-order valence-electron chi connectivity index (χ3n) is 5.46. The van der Waals surface area contributed by atoms with E-state index >= 15 is 0 Å². The number of carbonyl (C=O) groups excluding carboxylic acids is 2. The second-order valence-corrected chi connectivity index (χ2v) is 9.51. The SMILES string of the molecule is CC(C)(C)OC(=O)N1CCCC(C(=O)N2CCN(c3ncc(C(F)(F)F)cc3Cl)CC2)C1. The number of halogens is 4. The van der Waals surface area contributed by atoms with E-state index in [2.05, 4.69) is 4.98 Å². The highest BCUT2D eigenvalue weighted by Crippen LogP contribution is 2.34. The molecule has 2 aliphatic rings. The lowest BCUT2D eigenvalue weighted by atomic mass is 9.96. The number of pyridine rings is 1. The van der Waals surface area contributed by atoms with Crippen LogP contribution in [0.2, 0.25) is 5.02 Å². The van der Waals surface area contributed by atoms with E-state index in [0.717, 1.165) is 18.7 Å². The van der Waals surface area contributed by atoms with Crippen LogP contribution in [0.4, 0.5) is 23.8 Å². The van der Waals surface area contributed by atoms with Gasteiger partial charge in [0.15, 0.2) is 0 Å². The second-order valence-electron chi connectivity index (χ2n) is 9.11. The standard InChI is InChI=1S/C21H28ClF3N4O3/c1-20(2,3)32-19(31)29-6-4-5-14(13-29)18(30)28-9-7-27(8-10-28)17-16(22)11-15(12-26-17)21(23,24)25/h11-12,14H,4-10,13H2,1-3H3. The first-order valence-corrected chi connectivity index (χ1v) is 11.0. The van der Waals surface area contributed by atoms with E-state index in [1.165, 1.54) is 0 Å². The molecular formula is C21H28ClF3N4O3. The number of hydrogen-bond donors (Lipinski definition) is 0. The lowest BCUT2D eigenvalue weighted by Gasteiger charge is -2.39. The Balaban J connectivity index is 1.57. The molecule has 0 bridgehead atoms. The van der Waals surface area contributed by atoms with E-state index in [1.54, 1.807) is 35.5 Å². The Kier molecular flexibility index (Phi) is 7.12. The number of hydrogen-bond acceptors (Lipinski definition) is 5. The van der Waals surface area contributed by atoms with Crippen LogP contribution < -0.4 is 4.90 Å². The monoisotopic (exact) mass is 476 g/mol. The first-order valence-electron chi connectivity index (χ1n) is 10.6. The Hall–Kier alpha value is -2.23. The molecular weight excluding hydrogens is 449 g/mol. The van der Waals surface area contributed by atoms with Crippen LogP contribution in [-0.4, -0.2) is 71.7 Å². The van der Waals surface area contributed by atoms with Crippen molar-refractivity contribution in [3.05, 3.63) is 22.8 Å². The van der Waals surface area contributed by atoms with Crippen LogP contribution in [0.3, 0.4) is 0 Å². The normalized spacial score (nSPS) is 20.3. The average Bonchev–Trinajstić information content (AvgIpc) is 2.71. The molecule has 3 rings (SSSR count). The molecule has 0 aliphatic carbocycles. The zero-order valence-corrected chi connectivity index (χ0v) is 19.2. The largest absolute Gasteiger partial charge is 0.444 e. The fourth-order valence-electron chi connectivity index (χ4n) is 3.89. The van der Waals surface area contributed by atoms with Crippen LogP contribution in [0, 0.1) is 5.92 Å². The lowest BCUT2D eigenvalue weighted by molar-refractivity contribution is -0.138. The highest BCUT2D eigenvalue weighted by atomic mass is 35.5. The highest BCUT2D eigenvalue weighted by Gasteiger charge is 2.35. The van der Waals surface area contributed by atoms with Crippen LogP contribution in [0.1, 0.15) is 39.2 Å². The fourth-order valence-corrected chi connectivity index (χ4v) is 4.17. The molecule has 11 heteroatoms. The molecule has 0 saturated carbocycles. The molecule has 7 nitrogen and oxygen atoms in total. The first-order chi connectivity index (χ1) is 14.8. The number of rotatable bonds is 2. The maximum absolute atomic E-state index is 13.0. The van der Waals surface area contributed by atoms with Gasteiger partial charge in [-0.05, 0) is 39.7 Å². The van der Waals surface area contributed by atoms with Crippen LogP contribution in [0.15, 0.2) is 12.3 Å². The molecule has 0 spiro atoms. The number of piperidine rings is 1. The molecule has 1 atom stereocenters. The van der Waals surface area contributed by atoms with Gasteiger partial charge in [0.05, 0.1) is 16.5 Å². The summed E-state index contributed by atoms with van der Waals surface area (Å²) in [4.78, 5) is 34.4. The predicted molar refractivity (Wildman–Crippen MR) is 114 cm³/mol. The number of piperazine rings is 1. The van der Waals surface area contributed by atoms with Crippen LogP contribution in [0.5, 0.6) is 0 Å². The molecule has 0 radical (unpaired) electrons. The summed E-state index contributed by atoms with van der Waals surface area (Å²) in [7, 11) is 0. The molecule has 3 heterocycles. The Morgan fingerprint density at radius 3 is 2.31 bits per heavy atom. The van der Waals surface area contributed by atoms with Gasteiger partial charge >= 0.3 is 12.3 Å². The van der Waals surface area contributed by atoms with Gasteiger partial charge in [-0.3, -0.25) is 4.79 Å². The van der Waals surface area contributed by atoms with E-state index in [0.29, 0.717) is 45.7 Å². The van der Waals surface area contributed by atoms with Crippen molar-refractivity contribution in [3.63, 3.8) is 0 Å². The summed E-state index contributed by atoms with van der Waals surface area (Å²) in [6.45, 7) is 7.91. The third-order valence-corrected chi connectivity index (χ3v) is 5.74. The summed E-state index contributed by atoms with van der Waals surface area (Å²) < 4.78 is 43.9. The van der Waals surface area contributed by atoms with E-state index in [1.807, 2.05) is 0 Å². The second kappa shape index (κ2) is 9.33. The van der Waals surface area contributed by atoms with Crippen LogP contribution in [0.25, 0.3) is 0 Å². The Bertz CT molecular complexity index is 852. The van der Waals surface area contributed by atoms with Crippen molar-refractivity contribution in [1.29, 1.82) is 0 Å². The van der Waals surface area contributed by atoms with Gasteiger partial charge in [-0.15, -0.1) is 0 Å². The van der Waals surface area contributed by atoms with Gasteiger partial charge in [-0.2, -0.15) is 13.2 Å². The summed E-state index contributed by atoms with van der Waals surface area (Å²) in [6.07, 6.45) is -2.73. The van der Waals surface area contributed by atoms with Crippen molar-refractivity contribution in [3.8, 4) is 0 Å². The molecule has 1 aromatic rings. The van der Waals surface area contributed by atoms with Crippen LogP contribution in [-0.2, 0) is 15.7 Å². The maximum atomic E-state index is 13.0. The van der Waals surface area contributed by atoms with Gasteiger partial charge in [0, 0.05) is 45.5 Å². The molecule has 0 N–H and O–H groups in total. The number of amides is 2. The van der Waals surface area contributed by atoms with Gasteiger partial charge in [0.1, 0.15) is 11.4 Å². The van der Waals surface area contributed by atoms with E-state index in [9.17, 15) is 22.8 Å². The summed E-state index contributed by atoms with van der Waals surface area (Å²) in [5.74, 6) is -0.0412. The zero-order chi connectivity index (χ0) is 23.7. The summed E-state index contributed by atoms with van der Waals surface area (Å²) in [5.41, 5.74) is -1.50. The van der Waals surface area contributed by atoms with Crippen molar-refractivity contribution in [2.75, 3.05) is 44.2 Å². The van der Waals surface area contributed by atoms with Crippen molar-refractivity contribution >= 4 is 29.4 Å². The van der Waals surface area contributed by atoms with Crippen molar-refractivity contribution in [1.82, 2.24) is 14.8 Å². The quantitative estimate of drug-likeness (QED) is 0.644. The van der Waals surface area contributed by atoms with Crippen molar-refractivity contribution in [2.24, 2.45) is 5.92 Å². The van der Waals surface area contributed by atoms with Gasteiger partial charge in [0.25, 0.3) is 0 Å². The average molecular weight is 477 g/mol. The molecule has 1 unspecified atom stereocenters. The Morgan fingerprint density at radius 2 is 1.75 bits per heavy atom. The Labute approximate surface area is 190 Å². The van der Waals surface area contributed by atoms with Gasteiger partial charge in [-0.25, -0.2) is 9.78 Å². The van der Waals surface area contributed by atoms with Gasteiger partial charge in [-0.1, -0.05) is 11.6 Å². The smallest absolute Gasteiger partial charge is 0.417 e.